The first-order valence-electron chi connectivity index (χ1n) is 13.1. The summed E-state index contributed by atoms with van der Waals surface area (Å²) in [4.78, 5) is 37.8. The molecule has 0 N–H and O–H groups in total. The minimum absolute atomic E-state index is 0.0233. The molecular weight excluding hydrogens is 466 g/mol. The average molecular weight is 500 g/mol. The third kappa shape index (κ3) is 4.14. The van der Waals surface area contributed by atoms with E-state index in [1.165, 1.54) is 16.8 Å². The number of piperidine rings is 1. The van der Waals surface area contributed by atoms with Gasteiger partial charge in [0.2, 0.25) is 0 Å². The van der Waals surface area contributed by atoms with Crippen LogP contribution >= 0.6 is 0 Å². The highest BCUT2D eigenvalue weighted by Crippen LogP contribution is 2.40. The van der Waals surface area contributed by atoms with Crippen molar-refractivity contribution < 1.29 is 14.3 Å². The molecule has 1 aromatic carbocycles. The number of hydrogen-bond donors (Lipinski definition) is 0. The van der Waals surface area contributed by atoms with Crippen molar-refractivity contribution in [1.82, 2.24) is 24.3 Å². The normalized spacial score (nSPS) is 19.8. The molecule has 4 heterocycles. The molecule has 3 aliphatic rings. The third-order valence-electron chi connectivity index (χ3n) is 8.31. The third-order valence-corrected chi connectivity index (χ3v) is 8.31. The van der Waals surface area contributed by atoms with Crippen LogP contribution in [-0.4, -0.2) is 81.1 Å². The molecule has 2 aromatic heterocycles. The number of aromatic nitrogens is 2. The fraction of sp³-hybridized carbons (Fsp3) is 0.414. The van der Waals surface area contributed by atoms with E-state index in [1.807, 2.05) is 35.4 Å². The first-order valence-corrected chi connectivity index (χ1v) is 13.1. The van der Waals surface area contributed by atoms with Gasteiger partial charge in [0.05, 0.1) is 18.5 Å². The van der Waals surface area contributed by atoms with Crippen LogP contribution in [0.5, 0.6) is 0 Å². The Morgan fingerprint density at radius 2 is 1.76 bits per heavy atom. The number of benzene rings is 1. The molecular formula is C29H33N5O3. The largest absolute Gasteiger partial charge is 0.383 e. The number of rotatable bonds is 7. The number of urea groups is 1. The highest BCUT2D eigenvalue weighted by Gasteiger charge is 2.59. The van der Waals surface area contributed by atoms with Gasteiger partial charge >= 0.3 is 6.03 Å². The van der Waals surface area contributed by atoms with E-state index in [1.54, 1.807) is 18.2 Å². The summed E-state index contributed by atoms with van der Waals surface area (Å²) in [6, 6.07) is 16.2. The van der Waals surface area contributed by atoms with Crippen molar-refractivity contribution in [1.29, 1.82) is 0 Å². The Hall–Kier alpha value is -3.49. The zero-order valence-corrected chi connectivity index (χ0v) is 21.3. The number of nitrogens with zero attached hydrogens (tertiary/aromatic N) is 5. The van der Waals surface area contributed by atoms with Crippen LogP contribution in [0.3, 0.4) is 0 Å². The Morgan fingerprint density at radius 3 is 2.43 bits per heavy atom. The zero-order chi connectivity index (χ0) is 25.4. The number of methoxy groups -OCH3 is 1. The first kappa shape index (κ1) is 23.9. The summed E-state index contributed by atoms with van der Waals surface area (Å²) in [5, 5.41) is 0. The zero-order valence-electron chi connectivity index (χ0n) is 21.3. The minimum Gasteiger partial charge on any atom is -0.383 e. The lowest BCUT2D eigenvalue weighted by atomic mass is 9.85. The van der Waals surface area contributed by atoms with Crippen molar-refractivity contribution in [3.63, 3.8) is 0 Å². The fourth-order valence-electron chi connectivity index (χ4n) is 6.36. The lowest BCUT2D eigenvalue weighted by Crippen LogP contribution is -2.57. The number of likely N-dealkylation sites (tertiary alicyclic amines) is 1. The van der Waals surface area contributed by atoms with Gasteiger partial charge in [-0.25, -0.2) is 4.79 Å². The number of amides is 3. The molecule has 1 aliphatic carbocycles. The van der Waals surface area contributed by atoms with Gasteiger partial charge in [-0.3, -0.25) is 19.6 Å². The predicted molar refractivity (Wildman–Crippen MR) is 139 cm³/mol. The first-order chi connectivity index (χ1) is 18.1. The molecule has 6 rings (SSSR count). The van der Waals surface area contributed by atoms with Gasteiger partial charge < -0.3 is 14.2 Å². The van der Waals surface area contributed by atoms with Crippen LogP contribution in [-0.2, 0) is 28.9 Å². The summed E-state index contributed by atoms with van der Waals surface area (Å²) in [5.74, 6) is -0.0233. The molecule has 0 saturated carbocycles. The van der Waals surface area contributed by atoms with Gasteiger partial charge in [-0.05, 0) is 61.1 Å². The van der Waals surface area contributed by atoms with Crippen molar-refractivity contribution in [3.05, 3.63) is 83.9 Å². The van der Waals surface area contributed by atoms with Gasteiger partial charge in [0.1, 0.15) is 5.54 Å². The van der Waals surface area contributed by atoms with Gasteiger partial charge in [-0.1, -0.05) is 24.3 Å². The lowest BCUT2D eigenvalue weighted by molar-refractivity contribution is -0.137. The lowest BCUT2D eigenvalue weighted by Gasteiger charge is -2.42. The predicted octanol–water partition coefficient (Wildman–Crippen LogP) is 3.28. The highest BCUT2D eigenvalue weighted by atomic mass is 16.5. The molecule has 37 heavy (non-hydrogen) atoms. The average Bonchev–Trinajstić information content (AvgIpc) is 3.61. The summed E-state index contributed by atoms with van der Waals surface area (Å²) in [5.41, 5.74) is 3.91. The van der Waals surface area contributed by atoms with Crippen LogP contribution in [0.1, 0.15) is 29.7 Å². The molecule has 0 radical (unpaired) electrons. The van der Waals surface area contributed by atoms with Crippen LogP contribution in [0, 0.1) is 0 Å². The topological polar surface area (TPSA) is 70.9 Å². The highest BCUT2D eigenvalue weighted by molar-refractivity contribution is 6.07. The Labute approximate surface area is 217 Å². The standard InChI is InChI=1S/C29H33N5O3/c1-37-17-16-33-28(36)34(26-18-22-6-2-3-7-23(22)19-26)27(35)29(33)10-14-31(15-11-29)21-25-9-5-13-32(25)24-8-4-12-30-20-24/h2-9,12-13,20,26H,10-11,14-19,21H2,1H3. The van der Waals surface area contributed by atoms with E-state index in [4.69, 9.17) is 4.74 Å². The van der Waals surface area contributed by atoms with Crippen LogP contribution in [0.15, 0.2) is 67.1 Å². The van der Waals surface area contributed by atoms with Crippen molar-refractivity contribution in [3.8, 4) is 5.69 Å². The van der Waals surface area contributed by atoms with Crippen LogP contribution in [0.4, 0.5) is 4.79 Å². The molecule has 3 amide bonds. The Morgan fingerprint density at radius 1 is 1.00 bits per heavy atom. The van der Waals surface area contributed by atoms with Crippen LogP contribution in [0.25, 0.3) is 5.69 Å². The van der Waals surface area contributed by atoms with Crippen molar-refractivity contribution in [2.24, 2.45) is 0 Å². The van der Waals surface area contributed by atoms with Gasteiger partial charge in [0.25, 0.3) is 5.91 Å². The summed E-state index contributed by atoms with van der Waals surface area (Å²) in [6.45, 7) is 3.13. The number of hydrogen-bond acceptors (Lipinski definition) is 5. The van der Waals surface area contributed by atoms with Crippen molar-refractivity contribution >= 4 is 11.9 Å². The Balaban J connectivity index is 1.19. The molecule has 0 bridgehead atoms. The SMILES string of the molecule is COCCN1C(=O)N(C2Cc3ccccc3C2)C(=O)C12CCN(Cc1cccn1-c1cccnc1)CC2. The van der Waals surface area contributed by atoms with Crippen molar-refractivity contribution in [2.45, 2.75) is 43.8 Å². The van der Waals surface area contributed by atoms with Crippen LogP contribution < -0.4 is 0 Å². The van der Waals surface area contributed by atoms with E-state index in [9.17, 15) is 9.59 Å². The van der Waals surface area contributed by atoms with Gasteiger partial charge in [0.15, 0.2) is 0 Å². The molecule has 2 fully saturated rings. The van der Waals surface area contributed by atoms with Gasteiger partial charge in [-0.2, -0.15) is 0 Å². The smallest absolute Gasteiger partial charge is 0.328 e. The second-order valence-electron chi connectivity index (χ2n) is 10.3. The Kier molecular flexibility index (Phi) is 6.30. The molecule has 8 heteroatoms. The number of ether oxygens (including phenoxy) is 1. The fourth-order valence-corrected chi connectivity index (χ4v) is 6.36. The second-order valence-corrected chi connectivity index (χ2v) is 10.3. The number of pyridine rings is 1. The summed E-state index contributed by atoms with van der Waals surface area (Å²) >= 11 is 0. The second kappa shape index (κ2) is 9.76. The van der Waals surface area contributed by atoms with Crippen LogP contribution in [0.2, 0.25) is 0 Å². The maximum atomic E-state index is 14.1. The van der Waals surface area contributed by atoms with E-state index in [-0.39, 0.29) is 18.0 Å². The molecule has 8 nitrogen and oxygen atoms in total. The number of carbonyl (C=O) groups excluding carboxylic acids is 2. The molecule has 1 spiro atoms. The quantitative estimate of drug-likeness (QED) is 0.467. The Bertz CT molecular complexity index is 1260. The maximum absolute atomic E-state index is 14.1. The summed E-state index contributed by atoms with van der Waals surface area (Å²) in [7, 11) is 1.64. The van der Waals surface area contributed by atoms with Gasteiger partial charge in [0, 0.05) is 57.4 Å². The van der Waals surface area contributed by atoms with E-state index < -0.39 is 5.54 Å². The molecule has 2 aliphatic heterocycles. The van der Waals surface area contributed by atoms with E-state index in [0.717, 1.165) is 38.2 Å². The number of imide groups is 1. The minimum atomic E-state index is -0.785. The molecule has 0 unspecified atom stereocenters. The number of fused-ring (bicyclic) bond motifs is 1. The molecule has 192 valence electrons. The molecule has 0 atom stereocenters. The molecule has 2 saturated heterocycles. The van der Waals surface area contributed by atoms with E-state index >= 15 is 0 Å². The van der Waals surface area contributed by atoms with Gasteiger partial charge in [-0.15, -0.1) is 0 Å². The van der Waals surface area contributed by atoms with E-state index in [2.05, 4.69) is 44.9 Å². The number of carbonyl (C=O) groups is 2. The van der Waals surface area contributed by atoms with Crippen molar-refractivity contribution in [2.75, 3.05) is 33.4 Å². The summed E-state index contributed by atoms with van der Waals surface area (Å²) < 4.78 is 7.50. The summed E-state index contributed by atoms with van der Waals surface area (Å²) in [6.07, 6.45) is 8.43. The van der Waals surface area contributed by atoms with E-state index in [0.29, 0.717) is 26.0 Å². The maximum Gasteiger partial charge on any atom is 0.328 e. The molecule has 3 aromatic rings. The monoisotopic (exact) mass is 499 g/mol.